The van der Waals surface area contributed by atoms with E-state index in [0.717, 1.165) is 93.9 Å². The van der Waals surface area contributed by atoms with Gasteiger partial charge in [0.2, 0.25) is 5.89 Å². The Balaban J connectivity index is 0.978. The van der Waals surface area contributed by atoms with E-state index < -0.39 is 0 Å². The third-order valence-electron chi connectivity index (χ3n) is 11.0. The largest absolute Gasteiger partial charge is 0.456 e. The molecule has 7 nitrogen and oxygen atoms in total. The summed E-state index contributed by atoms with van der Waals surface area (Å²) in [5.41, 5.74) is 12.3. The van der Waals surface area contributed by atoms with Gasteiger partial charge in [-0.05, 0) is 70.8 Å². The number of nitrogens with zero attached hydrogens (tertiary/aromatic N) is 4. The monoisotopic (exact) mass is 758 g/mol. The Morgan fingerprint density at radius 1 is 0.305 bits per heavy atom. The molecule has 0 saturated heterocycles. The third-order valence-corrected chi connectivity index (χ3v) is 11.0. The number of aromatic nitrogens is 4. The lowest BCUT2D eigenvalue weighted by molar-refractivity contribution is 0.615. The summed E-state index contributed by atoms with van der Waals surface area (Å²) < 4.78 is 19.2. The quantitative estimate of drug-likeness (QED) is 0.167. The molecule has 4 heterocycles. The minimum absolute atomic E-state index is 0.515. The van der Waals surface area contributed by atoms with Gasteiger partial charge in [-0.2, -0.15) is 0 Å². The molecule has 4 aromatic heterocycles. The molecule has 0 aliphatic carbocycles. The van der Waals surface area contributed by atoms with Crippen molar-refractivity contribution in [2.24, 2.45) is 0 Å². The van der Waals surface area contributed by atoms with Gasteiger partial charge >= 0.3 is 0 Å². The maximum absolute atomic E-state index is 6.47. The van der Waals surface area contributed by atoms with E-state index in [1.807, 2.05) is 121 Å². The van der Waals surface area contributed by atoms with Gasteiger partial charge in [-0.25, -0.2) is 19.9 Å². The Morgan fingerprint density at radius 2 is 0.915 bits per heavy atom. The van der Waals surface area contributed by atoms with Crippen molar-refractivity contribution in [1.29, 1.82) is 0 Å². The SMILES string of the molecule is c1ccc(-c2cccc(-c3nc(-c4ccccc4)nc(-c4cccc5oc6ccc(-c7ccc8nc(-c9cccc%10c9oc9ccccc9%10)oc8c7)cc6c45)n3)c2)cc1. The number of hydrogen-bond acceptors (Lipinski definition) is 7. The van der Waals surface area contributed by atoms with Gasteiger partial charge in [0.05, 0.1) is 5.56 Å². The highest BCUT2D eigenvalue weighted by atomic mass is 16.4. The number of benzene rings is 8. The summed E-state index contributed by atoms with van der Waals surface area (Å²) in [5, 5.41) is 3.98. The average Bonchev–Trinajstić information content (AvgIpc) is 4.02. The molecule has 0 atom stereocenters. The van der Waals surface area contributed by atoms with Crippen LogP contribution in [-0.2, 0) is 0 Å². The van der Waals surface area contributed by atoms with Crippen molar-refractivity contribution in [2.75, 3.05) is 0 Å². The molecule has 8 aromatic carbocycles. The van der Waals surface area contributed by atoms with Crippen molar-refractivity contribution in [1.82, 2.24) is 19.9 Å². The minimum atomic E-state index is 0.515. The maximum atomic E-state index is 6.47. The molecule has 12 aromatic rings. The van der Waals surface area contributed by atoms with Crippen LogP contribution in [0.25, 0.3) is 123 Å². The zero-order valence-electron chi connectivity index (χ0n) is 31.3. The molecule has 0 amide bonds. The molecular formula is C52H30N4O3. The summed E-state index contributed by atoms with van der Waals surface area (Å²) in [6.07, 6.45) is 0. The minimum Gasteiger partial charge on any atom is -0.456 e. The van der Waals surface area contributed by atoms with E-state index in [4.69, 9.17) is 33.2 Å². The van der Waals surface area contributed by atoms with E-state index in [9.17, 15) is 0 Å². The van der Waals surface area contributed by atoms with Crippen LogP contribution in [0, 0.1) is 0 Å². The van der Waals surface area contributed by atoms with Crippen molar-refractivity contribution < 1.29 is 13.3 Å². The highest BCUT2D eigenvalue weighted by molar-refractivity contribution is 6.13. The van der Waals surface area contributed by atoms with E-state index in [1.54, 1.807) is 0 Å². The highest BCUT2D eigenvalue weighted by Crippen LogP contribution is 2.40. The molecule has 12 rings (SSSR count). The van der Waals surface area contributed by atoms with Gasteiger partial charge in [0.1, 0.15) is 27.8 Å². The van der Waals surface area contributed by atoms with Gasteiger partial charge in [-0.15, -0.1) is 0 Å². The predicted molar refractivity (Wildman–Crippen MR) is 235 cm³/mol. The number of furan rings is 2. The lowest BCUT2D eigenvalue weighted by Gasteiger charge is -2.10. The molecule has 0 unspecified atom stereocenters. The Hall–Kier alpha value is -8.16. The van der Waals surface area contributed by atoms with Gasteiger partial charge in [-0.1, -0.05) is 133 Å². The molecule has 0 aliphatic rings. The van der Waals surface area contributed by atoms with E-state index >= 15 is 0 Å². The summed E-state index contributed by atoms with van der Waals surface area (Å²) in [6.45, 7) is 0. The molecule has 7 heteroatoms. The Kier molecular flexibility index (Phi) is 7.40. The Bertz CT molecular complexity index is 3570. The summed E-state index contributed by atoms with van der Waals surface area (Å²) in [6, 6.07) is 61.3. The molecule has 276 valence electrons. The third kappa shape index (κ3) is 5.59. The summed E-state index contributed by atoms with van der Waals surface area (Å²) in [4.78, 5) is 20.2. The van der Waals surface area contributed by atoms with Crippen LogP contribution in [0.2, 0.25) is 0 Å². The first kappa shape index (κ1) is 33.0. The standard InChI is InChI=1S/C52H30N4O3/c1-3-12-31(13-4-1)33-16-9-17-36(28-33)50-54-49(32-14-5-2-6-15-32)55-51(56-50)39-20-11-23-45-47(39)41-29-34(25-27-44(41)57-45)35-24-26-42-46(30-35)59-52(53-42)40-21-10-19-38-37-18-7-8-22-43(37)58-48(38)40/h1-30H. The summed E-state index contributed by atoms with van der Waals surface area (Å²) >= 11 is 0. The van der Waals surface area contributed by atoms with Crippen LogP contribution in [0.4, 0.5) is 0 Å². The second-order valence-electron chi connectivity index (χ2n) is 14.6. The summed E-state index contributed by atoms with van der Waals surface area (Å²) in [5.74, 6) is 2.26. The molecule has 0 saturated carbocycles. The first-order valence-corrected chi connectivity index (χ1v) is 19.4. The molecule has 0 fully saturated rings. The summed E-state index contributed by atoms with van der Waals surface area (Å²) in [7, 11) is 0. The number of rotatable bonds is 6. The zero-order chi connectivity index (χ0) is 38.9. The molecule has 59 heavy (non-hydrogen) atoms. The van der Waals surface area contributed by atoms with Crippen LogP contribution in [0.15, 0.2) is 195 Å². The lowest BCUT2D eigenvalue weighted by atomic mass is 10.00. The zero-order valence-corrected chi connectivity index (χ0v) is 31.3. The predicted octanol–water partition coefficient (Wildman–Crippen LogP) is 13.8. The number of para-hydroxylation sites is 2. The van der Waals surface area contributed by atoms with E-state index in [1.165, 1.54) is 0 Å². The van der Waals surface area contributed by atoms with Crippen molar-refractivity contribution in [3.8, 4) is 67.9 Å². The van der Waals surface area contributed by atoms with Gasteiger partial charge < -0.3 is 13.3 Å². The van der Waals surface area contributed by atoms with Gasteiger partial charge in [0.15, 0.2) is 23.1 Å². The fourth-order valence-corrected chi connectivity index (χ4v) is 8.14. The fraction of sp³-hybridized carbons (Fsp3) is 0. The normalized spacial score (nSPS) is 11.7. The first-order valence-electron chi connectivity index (χ1n) is 19.4. The fourth-order valence-electron chi connectivity index (χ4n) is 8.14. The lowest BCUT2D eigenvalue weighted by Crippen LogP contribution is -2.00. The molecule has 0 aliphatic heterocycles. The maximum Gasteiger partial charge on any atom is 0.231 e. The molecule has 0 N–H and O–H groups in total. The molecular weight excluding hydrogens is 729 g/mol. The van der Waals surface area contributed by atoms with Crippen LogP contribution in [0.1, 0.15) is 0 Å². The van der Waals surface area contributed by atoms with Crippen LogP contribution in [-0.4, -0.2) is 19.9 Å². The van der Waals surface area contributed by atoms with Crippen molar-refractivity contribution in [3.05, 3.63) is 182 Å². The van der Waals surface area contributed by atoms with Crippen molar-refractivity contribution >= 4 is 55.0 Å². The van der Waals surface area contributed by atoms with Crippen LogP contribution >= 0.6 is 0 Å². The number of fused-ring (bicyclic) bond motifs is 7. The van der Waals surface area contributed by atoms with Crippen molar-refractivity contribution in [2.45, 2.75) is 0 Å². The smallest absolute Gasteiger partial charge is 0.231 e. The van der Waals surface area contributed by atoms with Gasteiger partial charge in [0, 0.05) is 38.2 Å². The van der Waals surface area contributed by atoms with Crippen molar-refractivity contribution in [3.63, 3.8) is 0 Å². The number of hydrogen-bond donors (Lipinski definition) is 0. The van der Waals surface area contributed by atoms with E-state index in [0.29, 0.717) is 28.9 Å². The molecule has 0 spiro atoms. The van der Waals surface area contributed by atoms with Gasteiger partial charge in [-0.3, -0.25) is 0 Å². The molecule has 0 radical (unpaired) electrons. The average molecular weight is 759 g/mol. The molecule has 0 bridgehead atoms. The highest BCUT2D eigenvalue weighted by Gasteiger charge is 2.20. The first-order chi connectivity index (χ1) is 29.2. The Morgan fingerprint density at radius 3 is 1.80 bits per heavy atom. The van der Waals surface area contributed by atoms with E-state index in [-0.39, 0.29) is 0 Å². The van der Waals surface area contributed by atoms with Gasteiger partial charge in [0.25, 0.3) is 0 Å². The van der Waals surface area contributed by atoms with E-state index in [2.05, 4.69) is 60.7 Å². The number of oxazole rings is 1. The van der Waals surface area contributed by atoms with Crippen LogP contribution in [0.3, 0.4) is 0 Å². The van der Waals surface area contributed by atoms with Crippen LogP contribution in [0.5, 0.6) is 0 Å². The topological polar surface area (TPSA) is 91.0 Å². The van der Waals surface area contributed by atoms with Crippen LogP contribution < -0.4 is 0 Å². The Labute approximate surface area is 336 Å². The second kappa shape index (κ2) is 13.2. The second-order valence-corrected chi connectivity index (χ2v) is 14.6.